The summed E-state index contributed by atoms with van der Waals surface area (Å²) < 4.78 is 7.85. The van der Waals surface area contributed by atoms with Gasteiger partial charge in [0.15, 0.2) is 0 Å². The van der Waals surface area contributed by atoms with E-state index in [0.717, 1.165) is 19.0 Å². The van der Waals surface area contributed by atoms with Crippen molar-refractivity contribution in [3.05, 3.63) is 110 Å². The van der Waals surface area contributed by atoms with Crippen molar-refractivity contribution in [2.24, 2.45) is 0 Å². The number of amides is 1. The summed E-state index contributed by atoms with van der Waals surface area (Å²) in [7, 11) is 0. The lowest BCUT2D eigenvalue weighted by Crippen LogP contribution is -2.13. The minimum Gasteiger partial charge on any atom is -0.488 e. The molecule has 4 rings (SSSR count). The third-order valence-electron chi connectivity index (χ3n) is 5.00. The first kappa shape index (κ1) is 23.0. The zero-order chi connectivity index (χ0) is 23.2. The second-order valence-corrected chi connectivity index (χ2v) is 9.35. The number of fused-ring (bicyclic) bond motifs is 1. The van der Waals surface area contributed by atoms with Crippen LogP contribution in [0, 0.1) is 14.9 Å². The van der Waals surface area contributed by atoms with Crippen LogP contribution < -0.4 is 10.1 Å². The molecule has 4 aromatic rings. The third-order valence-corrected chi connectivity index (χ3v) is 6.34. The second kappa shape index (κ2) is 10.6. The molecule has 0 saturated carbocycles. The fourth-order valence-electron chi connectivity index (χ4n) is 3.34. The fraction of sp³-hybridized carbons (Fsp3) is 0.0370. The van der Waals surface area contributed by atoms with E-state index in [1.54, 1.807) is 18.2 Å². The molecule has 0 fully saturated rings. The van der Waals surface area contributed by atoms with Crippen molar-refractivity contribution in [2.75, 3.05) is 5.32 Å². The average molecular weight is 609 g/mol. The Bertz CT molecular complexity index is 1390. The van der Waals surface area contributed by atoms with E-state index in [9.17, 15) is 10.1 Å². The molecule has 4 aromatic carbocycles. The highest BCUT2D eigenvalue weighted by atomic mass is 127. The molecule has 0 aromatic heterocycles. The number of hydrogen-bond acceptors (Lipinski definition) is 3. The van der Waals surface area contributed by atoms with Crippen LogP contribution >= 0.6 is 38.5 Å². The van der Waals surface area contributed by atoms with Gasteiger partial charge in [0.25, 0.3) is 5.91 Å². The van der Waals surface area contributed by atoms with E-state index < -0.39 is 5.91 Å². The van der Waals surface area contributed by atoms with Crippen molar-refractivity contribution >= 4 is 67.0 Å². The Balaban J connectivity index is 1.48. The van der Waals surface area contributed by atoms with E-state index in [4.69, 9.17) is 4.74 Å². The van der Waals surface area contributed by atoms with Crippen LogP contribution in [0.3, 0.4) is 0 Å². The number of ether oxygens (including phenoxy) is 1. The van der Waals surface area contributed by atoms with E-state index in [-0.39, 0.29) is 5.57 Å². The van der Waals surface area contributed by atoms with Crippen LogP contribution in [0.15, 0.2) is 95.0 Å². The summed E-state index contributed by atoms with van der Waals surface area (Å²) in [5.74, 6) is 0.230. The van der Waals surface area contributed by atoms with Crippen LogP contribution in [0.2, 0.25) is 0 Å². The molecule has 0 aliphatic rings. The maximum atomic E-state index is 12.5. The molecule has 0 aliphatic heterocycles. The zero-order valence-electron chi connectivity index (χ0n) is 17.4. The lowest BCUT2D eigenvalue weighted by atomic mass is 10.1. The van der Waals surface area contributed by atoms with Crippen LogP contribution in [0.4, 0.5) is 5.69 Å². The van der Waals surface area contributed by atoms with Crippen molar-refractivity contribution in [1.82, 2.24) is 0 Å². The summed E-state index contributed by atoms with van der Waals surface area (Å²) in [6.07, 6.45) is 1.56. The van der Waals surface area contributed by atoms with Crippen LogP contribution in [0.5, 0.6) is 5.75 Å². The Kier molecular flexibility index (Phi) is 7.43. The van der Waals surface area contributed by atoms with Gasteiger partial charge in [-0.15, -0.1) is 0 Å². The van der Waals surface area contributed by atoms with Gasteiger partial charge < -0.3 is 10.1 Å². The van der Waals surface area contributed by atoms with Crippen LogP contribution in [0.1, 0.15) is 11.1 Å². The van der Waals surface area contributed by atoms with Crippen molar-refractivity contribution in [3.63, 3.8) is 0 Å². The minimum atomic E-state index is -0.453. The topological polar surface area (TPSA) is 62.1 Å². The van der Waals surface area contributed by atoms with E-state index >= 15 is 0 Å². The van der Waals surface area contributed by atoms with E-state index in [1.807, 2.05) is 54.6 Å². The van der Waals surface area contributed by atoms with Gasteiger partial charge in [0, 0.05) is 9.26 Å². The predicted molar refractivity (Wildman–Crippen MR) is 144 cm³/mol. The summed E-state index contributed by atoms with van der Waals surface area (Å²) in [6, 6.07) is 29.2. The normalized spacial score (nSPS) is 11.1. The number of nitrogens with zero attached hydrogens (tertiary/aromatic N) is 1. The molecule has 1 N–H and O–H groups in total. The molecule has 1 amide bonds. The summed E-state index contributed by atoms with van der Waals surface area (Å²) in [5, 5.41) is 14.6. The number of carbonyl (C=O) groups excluding carboxylic acids is 1. The Morgan fingerprint density at radius 1 is 1.03 bits per heavy atom. The Hall–Kier alpha value is -3.15. The lowest BCUT2D eigenvalue weighted by molar-refractivity contribution is -0.112. The first-order valence-electron chi connectivity index (χ1n) is 10.1. The van der Waals surface area contributed by atoms with Gasteiger partial charge in [-0.2, -0.15) is 5.26 Å². The van der Waals surface area contributed by atoms with Gasteiger partial charge in [-0.25, -0.2) is 0 Å². The summed E-state index contributed by atoms with van der Waals surface area (Å²) >= 11 is 5.73. The maximum Gasteiger partial charge on any atom is 0.266 e. The first-order chi connectivity index (χ1) is 16.0. The number of nitrogens with one attached hydrogen (secondary N) is 1. The molecule has 162 valence electrons. The van der Waals surface area contributed by atoms with Crippen LogP contribution in [-0.4, -0.2) is 5.91 Å². The van der Waals surface area contributed by atoms with E-state index in [1.165, 1.54) is 5.39 Å². The van der Waals surface area contributed by atoms with Gasteiger partial charge in [-0.1, -0.05) is 48.5 Å². The smallest absolute Gasteiger partial charge is 0.266 e. The molecule has 33 heavy (non-hydrogen) atoms. The average Bonchev–Trinajstić information content (AvgIpc) is 2.83. The third kappa shape index (κ3) is 5.81. The number of carbonyl (C=O) groups is 1. The molecular weight excluding hydrogens is 591 g/mol. The van der Waals surface area contributed by atoms with Gasteiger partial charge in [-0.05, 0) is 103 Å². The van der Waals surface area contributed by atoms with Gasteiger partial charge in [-0.3, -0.25) is 4.79 Å². The molecular formula is C27H18BrIN2O2. The highest BCUT2D eigenvalue weighted by Crippen LogP contribution is 2.29. The zero-order valence-corrected chi connectivity index (χ0v) is 21.1. The van der Waals surface area contributed by atoms with Crippen LogP contribution in [-0.2, 0) is 11.4 Å². The van der Waals surface area contributed by atoms with Gasteiger partial charge in [0.05, 0.1) is 4.47 Å². The minimum absolute atomic E-state index is 0.0184. The molecule has 0 bridgehead atoms. The monoisotopic (exact) mass is 608 g/mol. The van der Waals surface area contributed by atoms with Gasteiger partial charge in [0.1, 0.15) is 24.0 Å². The highest BCUT2D eigenvalue weighted by Gasteiger charge is 2.11. The van der Waals surface area contributed by atoms with Crippen molar-refractivity contribution in [3.8, 4) is 11.8 Å². The Morgan fingerprint density at radius 3 is 2.55 bits per heavy atom. The van der Waals surface area contributed by atoms with E-state index in [2.05, 4.69) is 68.1 Å². The fourth-order valence-corrected chi connectivity index (χ4v) is 4.22. The van der Waals surface area contributed by atoms with Gasteiger partial charge >= 0.3 is 0 Å². The molecule has 6 heteroatoms. The number of anilines is 1. The van der Waals surface area contributed by atoms with Crippen molar-refractivity contribution < 1.29 is 9.53 Å². The number of hydrogen-bond donors (Lipinski definition) is 1. The molecule has 0 radical (unpaired) electrons. The molecule has 0 atom stereocenters. The summed E-state index contributed by atoms with van der Waals surface area (Å²) in [4.78, 5) is 12.5. The lowest BCUT2D eigenvalue weighted by Gasteiger charge is -2.11. The van der Waals surface area contributed by atoms with E-state index in [0.29, 0.717) is 23.6 Å². The summed E-state index contributed by atoms with van der Waals surface area (Å²) in [6.45, 7) is 0.428. The molecule has 0 saturated heterocycles. The summed E-state index contributed by atoms with van der Waals surface area (Å²) in [5.41, 5.74) is 2.47. The largest absolute Gasteiger partial charge is 0.488 e. The maximum absolute atomic E-state index is 12.5. The number of rotatable bonds is 6. The van der Waals surface area contributed by atoms with Crippen molar-refractivity contribution in [2.45, 2.75) is 6.61 Å². The van der Waals surface area contributed by atoms with Crippen LogP contribution in [0.25, 0.3) is 16.8 Å². The highest BCUT2D eigenvalue weighted by molar-refractivity contribution is 14.1. The Morgan fingerprint density at radius 2 is 1.79 bits per heavy atom. The SMILES string of the molecule is N#C/C(=C/c1ccc(OCc2cccc3ccccc23)c(Br)c1)C(=O)Nc1ccc(I)cc1. The van der Waals surface area contributed by atoms with Gasteiger partial charge in [0.2, 0.25) is 0 Å². The molecule has 0 heterocycles. The quantitative estimate of drug-likeness (QED) is 0.142. The molecule has 0 spiro atoms. The number of nitriles is 1. The first-order valence-corrected chi connectivity index (χ1v) is 12.0. The second-order valence-electron chi connectivity index (χ2n) is 7.25. The predicted octanol–water partition coefficient (Wildman–Crippen LogP) is 7.33. The molecule has 0 unspecified atom stereocenters. The number of halogens is 2. The number of benzene rings is 4. The molecule has 0 aliphatic carbocycles. The Labute approximate surface area is 214 Å². The standard InChI is InChI=1S/C27H18BrIN2O2/c28-25-15-18(14-21(16-30)27(32)31-23-11-9-22(29)10-12-23)8-13-26(25)33-17-20-6-3-5-19-4-1-2-7-24(19)20/h1-15H,17H2,(H,31,32)/b21-14-. The molecule has 4 nitrogen and oxygen atoms in total. The van der Waals surface area contributed by atoms with Crippen molar-refractivity contribution in [1.29, 1.82) is 5.26 Å².